The van der Waals surface area contributed by atoms with Crippen LogP contribution in [0.25, 0.3) is 0 Å². The van der Waals surface area contributed by atoms with E-state index in [0.717, 1.165) is 0 Å². The van der Waals surface area contributed by atoms with Crippen LogP contribution in [-0.2, 0) is 4.79 Å². The van der Waals surface area contributed by atoms with E-state index in [2.05, 4.69) is 21.2 Å². The molecule has 1 rings (SSSR count). The van der Waals surface area contributed by atoms with Crippen molar-refractivity contribution in [2.45, 2.75) is 31.2 Å². The molecule has 1 aromatic rings. The number of carbonyl (C=O) groups is 1. The molecule has 3 nitrogen and oxygen atoms in total. The molecule has 0 aliphatic carbocycles. The van der Waals surface area contributed by atoms with Crippen molar-refractivity contribution in [3.05, 3.63) is 29.8 Å². The summed E-state index contributed by atoms with van der Waals surface area (Å²) in [6, 6.07) is 7.22. The first kappa shape index (κ1) is 13.2. The Hall–Kier alpha value is -0.870. The van der Waals surface area contributed by atoms with Gasteiger partial charge in [0.2, 0.25) is 5.91 Å². The quantitative estimate of drug-likeness (QED) is 0.839. The molecule has 0 saturated heterocycles. The van der Waals surface area contributed by atoms with Crippen molar-refractivity contribution in [1.82, 2.24) is 0 Å². The standard InChI is InChI=1S/C12H16BrNO2/c1-8(15)9-6-4-5-7-10(9)14-11(16)12(2,3)13/h4-8,15H,1-3H3,(H,14,16). The number of hydrogen-bond acceptors (Lipinski definition) is 2. The number of benzene rings is 1. The average molecular weight is 286 g/mol. The van der Waals surface area contributed by atoms with Gasteiger partial charge in [0.15, 0.2) is 0 Å². The van der Waals surface area contributed by atoms with Gasteiger partial charge in [0.1, 0.15) is 0 Å². The summed E-state index contributed by atoms with van der Waals surface area (Å²) in [4.78, 5) is 11.8. The molecule has 16 heavy (non-hydrogen) atoms. The fourth-order valence-corrected chi connectivity index (χ4v) is 1.35. The molecule has 2 N–H and O–H groups in total. The number of rotatable bonds is 3. The molecular weight excluding hydrogens is 270 g/mol. The van der Waals surface area contributed by atoms with E-state index in [9.17, 15) is 9.90 Å². The third-order valence-electron chi connectivity index (χ3n) is 2.20. The normalized spacial score (nSPS) is 13.3. The Morgan fingerprint density at radius 1 is 1.44 bits per heavy atom. The topological polar surface area (TPSA) is 49.3 Å². The molecule has 0 bridgehead atoms. The Morgan fingerprint density at radius 2 is 2.00 bits per heavy atom. The summed E-state index contributed by atoms with van der Waals surface area (Å²) in [5.74, 6) is -0.138. The molecule has 1 unspecified atom stereocenters. The number of aliphatic hydroxyl groups excluding tert-OH is 1. The van der Waals surface area contributed by atoms with Crippen molar-refractivity contribution in [2.75, 3.05) is 5.32 Å². The van der Waals surface area contributed by atoms with Crippen molar-refractivity contribution < 1.29 is 9.90 Å². The van der Waals surface area contributed by atoms with Crippen LogP contribution in [0.4, 0.5) is 5.69 Å². The Labute approximate surface area is 104 Å². The first-order chi connectivity index (χ1) is 7.32. The highest BCUT2D eigenvalue weighted by molar-refractivity contribution is 9.10. The Balaban J connectivity index is 2.94. The highest BCUT2D eigenvalue weighted by Crippen LogP contribution is 2.25. The summed E-state index contributed by atoms with van der Waals surface area (Å²) in [6.07, 6.45) is -0.602. The monoisotopic (exact) mass is 285 g/mol. The largest absolute Gasteiger partial charge is 0.389 e. The molecular formula is C12H16BrNO2. The number of carbonyl (C=O) groups excluding carboxylic acids is 1. The first-order valence-corrected chi connectivity index (χ1v) is 5.89. The van der Waals surface area contributed by atoms with Crippen molar-refractivity contribution >= 4 is 27.5 Å². The van der Waals surface area contributed by atoms with E-state index >= 15 is 0 Å². The van der Waals surface area contributed by atoms with Gasteiger partial charge < -0.3 is 10.4 Å². The fourth-order valence-electron chi connectivity index (χ4n) is 1.25. The fraction of sp³-hybridized carbons (Fsp3) is 0.417. The smallest absolute Gasteiger partial charge is 0.240 e. The highest BCUT2D eigenvalue weighted by Gasteiger charge is 2.24. The van der Waals surface area contributed by atoms with Crippen LogP contribution in [-0.4, -0.2) is 15.3 Å². The lowest BCUT2D eigenvalue weighted by atomic mass is 10.1. The van der Waals surface area contributed by atoms with Crippen LogP contribution >= 0.6 is 15.9 Å². The molecule has 1 atom stereocenters. The molecule has 1 aromatic carbocycles. The van der Waals surface area contributed by atoms with Gasteiger partial charge >= 0.3 is 0 Å². The predicted octanol–water partition coefficient (Wildman–Crippen LogP) is 2.85. The maximum absolute atomic E-state index is 11.8. The summed E-state index contributed by atoms with van der Waals surface area (Å²) in [6.45, 7) is 5.21. The van der Waals surface area contributed by atoms with Gasteiger partial charge in [-0.05, 0) is 26.8 Å². The van der Waals surface area contributed by atoms with Gasteiger partial charge in [0, 0.05) is 11.3 Å². The van der Waals surface area contributed by atoms with Gasteiger partial charge in [-0.25, -0.2) is 0 Å². The Morgan fingerprint density at radius 3 is 2.50 bits per heavy atom. The summed E-state index contributed by atoms with van der Waals surface area (Å²) in [7, 11) is 0. The van der Waals surface area contributed by atoms with Crippen molar-refractivity contribution in [3.8, 4) is 0 Å². The van der Waals surface area contributed by atoms with E-state index in [1.807, 2.05) is 12.1 Å². The van der Waals surface area contributed by atoms with Crippen molar-refractivity contribution in [1.29, 1.82) is 0 Å². The van der Waals surface area contributed by atoms with E-state index in [1.165, 1.54) is 0 Å². The third kappa shape index (κ3) is 3.32. The SMILES string of the molecule is CC(O)c1ccccc1NC(=O)C(C)(C)Br. The van der Waals surface area contributed by atoms with Crippen LogP contribution in [0.2, 0.25) is 0 Å². The molecule has 0 aliphatic rings. The second kappa shape index (κ2) is 4.97. The molecule has 0 saturated carbocycles. The third-order valence-corrected chi connectivity index (χ3v) is 2.56. The number of amides is 1. The van der Waals surface area contributed by atoms with E-state index < -0.39 is 10.4 Å². The number of para-hydroxylation sites is 1. The minimum atomic E-state index is -0.626. The first-order valence-electron chi connectivity index (χ1n) is 5.09. The second-order valence-electron chi connectivity index (χ2n) is 4.19. The maximum atomic E-state index is 11.8. The van der Waals surface area contributed by atoms with Crippen molar-refractivity contribution in [3.63, 3.8) is 0 Å². The molecule has 0 fully saturated rings. The zero-order valence-corrected chi connectivity index (χ0v) is 11.2. The summed E-state index contributed by atoms with van der Waals surface area (Å²) in [5.41, 5.74) is 1.36. The average Bonchev–Trinajstić information content (AvgIpc) is 2.16. The van der Waals surface area contributed by atoms with Crippen LogP contribution < -0.4 is 5.32 Å². The van der Waals surface area contributed by atoms with Gasteiger partial charge in [-0.3, -0.25) is 4.79 Å². The molecule has 0 aliphatic heterocycles. The minimum absolute atomic E-state index is 0.138. The number of alkyl halides is 1. The number of halogens is 1. The Bertz CT molecular complexity index is 383. The molecule has 1 amide bonds. The lowest BCUT2D eigenvalue weighted by molar-refractivity contribution is -0.117. The molecule has 0 aromatic heterocycles. The van der Waals surface area contributed by atoms with Gasteiger partial charge in [-0.2, -0.15) is 0 Å². The van der Waals surface area contributed by atoms with E-state index in [0.29, 0.717) is 11.3 Å². The van der Waals surface area contributed by atoms with Crippen molar-refractivity contribution in [2.24, 2.45) is 0 Å². The molecule has 0 spiro atoms. The van der Waals surface area contributed by atoms with Gasteiger partial charge in [0.25, 0.3) is 0 Å². The summed E-state index contributed by atoms with van der Waals surface area (Å²) in [5, 5.41) is 12.3. The van der Waals surface area contributed by atoms with Crippen LogP contribution in [0.5, 0.6) is 0 Å². The molecule has 4 heteroatoms. The lowest BCUT2D eigenvalue weighted by Gasteiger charge is -2.18. The van der Waals surface area contributed by atoms with E-state index in [1.54, 1.807) is 32.9 Å². The van der Waals surface area contributed by atoms with E-state index in [4.69, 9.17) is 0 Å². The van der Waals surface area contributed by atoms with Gasteiger partial charge in [-0.15, -0.1) is 0 Å². The summed E-state index contributed by atoms with van der Waals surface area (Å²) < 4.78 is -0.626. The summed E-state index contributed by atoms with van der Waals surface area (Å²) >= 11 is 3.29. The zero-order valence-electron chi connectivity index (χ0n) is 9.62. The minimum Gasteiger partial charge on any atom is -0.389 e. The molecule has 88 valence electrons. The van der Waals surface area contributed by atoms with Crippen LogP contribution in [0, 0.1) is 0 Å². The maximum Gasteiger partial charge on any atom is 0.240 e. The van der Waals surface area contributed by atoms with E-state index in [-0.39, 0.29) is 5.91 Å². The van der Waals surface area contributed by atoms with Gasteiger partial charge in [0.05, 0.1) is 10.4 Å². The number of aliphatic hydroxyl groups is 1. The van der Waals surface area contributed by atoms with Crippen LogP contribution in [0.15, 0.2) is 24.3 Å². The number of nitrogens with one attached hydrogen (secondary N) is 1. The molecule has 0 radical (unpaired) electrons. The highest BCUT2D eigenvalue weighted by atomic mass is 79.9. The molecule has 0 heterocycles. The Kier molecular flexibility index (Phi) is 4.10. The van der Waals surface area contributed by atoms with Crippen LogP contribution in [0.3, 0.4) is 0 Å². The number of anilines is 1. The predicted molar refractivity (Wildman–Crippen MR) is 68.7 cm³/mol. The lowest BCUT2D eigenvalue weighted by Crippen LogP contribution is -2.31. The van der Waals surface area contributed by atoms with Gasteiger partial charge in [-0.1, -0.05) is 34.1 Å². The second-order valence-corrected chi connectivity index (χ2v) is 6.17. The van der Waals surface area contributed by atoms with Crippen LogP contribution in [0.1, 0.15) is 32.4 Å². The number of hydrogen-bond donors (Lipinski definition) is 2. The zero-order chi connectivity index (χ0) is 12.3.